The molecular weight excluding hydrogens is 400 g/mol. The minimum atomic E-state index is -0.0577. The van der Waals surface area contributed by atoms with Gasteiger partial charge in [-0.05, 0) is 58.2 Å². The first-order valence-electron chi connectivity index (χ1n) is 7.94. The maximum absolute atomic E-state index is 12.2. The summed E-state index contributed by atoms with van der Waals surface area (Å²) in [6, 6.07) is 14.1. The summed E-state index contributed by atoms with van der Waals surface area (Å²) in [5.74, 6) is 0. The number of carbonyl (C=O) groups is 1. The molecule has 7 heteroatoms. The number of rotatable bonds is 6. The van der Waals surface area contributed by atoms with E-state index >= 15 is 0 Å². The molecule has 130 valence electrons. The Morgan fingerprint density at radius 1 is 1.28 bits per heavy atom. The molecule has 2 heterocycles. The van der Waals surface area contributed by atoms with Crippen molar-refractivity contribution < 1.29 is 4.79 Å². The van der Waals surface area contributed by atoms with Crippen LogP contribution in [0.3, 0.4) is 0 Å². The molecule has 0 aliphatic heterocycles. The lowest BCUT2D eigenvalue weighted by atomic mass is 10.1. The molecule has 0 radical (unpaired) electrons. The number of hydrogen-bond acceptors (Lipinski definition) is 3. The van der Waals surface area contributed by atoms with Crippen LogP contribution in [0.4, 0.5) is 4.79 Å². The third-order valence-corrected chi connectivity index (χ3v) is 5.37. The van der Waals surface area contributed by atoms with Crippen molar-refractivity contribution in [3.63, 3.8) is 0 Å². The highest BCUT2D eigenvalue weighted by Gasteiger charge is 2.09. The quantitative estimate of drug-likeness (QED) is 0.655. The molecular formula is C18H19BrN4OS. The molecule has 1 N–H and O–H groups in total. The standard InChI is InChI=1S/C18H19BrN4OS/c1-22(13-16-7-8-17(19)25-16)18(24)20-11-9-14-3-5-15(6-4-14)23-12-2-10-21-23/h2-8,10,12H,9,11,13H2,1H3,(H,20,24). The SMILES string of the molecule is CN(Cc1ccc(Br)s1)C(=O)NCCc1ccc(-n2cccn2)cc1. The first kappa shape index (κ1) is 17.7. The molecule has 3 aromatic rings. The number of amides is 2. The number of urea groups is 1. The number of thiophene rings is 1. The van der Waals surface area contributed by atoms with Crippen LogP contribution in [0.1, 0.15) is 10.4 Å². The van der Waals surface area contributed by atoms with Crippen molar-refractivity contribution in [3.8, 4) is 5.69 Å². The zero-order chi connectivity index (χ0) is 17.6. The van der Waals surface area contributed by atoms with Gasteiger partial charge in [0.2, 0.25) is 0 Å². The smallest absolute Gasteiger partial charge is 0.317 e. The molecule has 0 bridgehead atoms. The number of nitrogens with one attached hydrogen (secondary N) is 1. The molecule has 0 aliphatic carbocycles. The molecule has 0 atom stereocenters. The Labute approximate surface area is 159 Å². The van der Waals surface area contributed by atoms with Crippen LogP contribution < -0.4 is 5.32 Å². The van der Waals surface area contributed by atoms with Crippen molar-refractivity contribution in [2.24, 2.45) is 0 Å². The number of nitrogens with zero attached hydrogens (tertiary/aromatic N) is 3. The van der Waals surface area contributed by atoms with Crippen LogP contribution in [0.15, 0.2) is 58.6 Å². The lowest BCUT2D eigenvalue weighted by molar-refractivity contribution is 0.207. The fraction of sp³-hybridized carbons (Fsp3) is 0.222. The van der Waals surface area contributed by atoms with Gasteiger partial charge >= 0.3 is 6.03 Å². The molecule has 1 aromatic carbocycles. The fourth-order valence-electron chi connectivity index (χ4n) is 2.43. The highest BCUT2D eigenvalue weighted by molar-refractivity contribution is 9.11. The molecule has 0 saturated heterocycles. The zero-order valence-corrected chi connectivity index (χ0v) is 16.3. The molecule has 0 aliphatic rings. The Morgan fingerprint density at radius 3 is 2.72 bits per heavy atom. The number of carbonyl (C=O) groups excluding carboxylic acids is 1. The van der Waals surface area contributed by atoms with Gasteiger partial charge < -0.3 is 10.2 Å². The number of benzene rings is 1. The molecule has 2 amide bonds. The van der Waals surface area contributed by atoms with E-state index in [0.29, 0.717) is 13.1 Å². The molecule has 0 unspecified atom stereocenters. The van der Waals surface area contributed by atoms with E-state index in [-0.39, 0.29) is 6.03 Å². The van der Waals surface area contributed by atoms with Gasteiger partial charge in [0.15, 0.2) is 0 Å². The summed E-state index contributed by atoms with van der Waals surface area (Å²) >= 11 is 5.08. The minimum Gasteiger partial charge on any atom is -0.338 e. The molecule has 2 aromatic heterocycles. The topological polar surface area (TPSA) is 50.2 Å². The summed E-state index contributed by atoms with van der Waals surface area (Å²) in [7, 11) is 1.81. The van der Waals surface area contributed by atoms with E-state index in [1.807, 2.05) is 48.3 Å². The summed E-state index contributed by atoms with van der Waals surface area (Å²) in [4.78, 5) is 15.0. The van der Waals surface area contributed by atoms with Gasteiger partial charge in [-0.3, -0.25) is 0 Å². The predicted octanol–water partition coefficient (Wildman–Crippen LogP) is 4.08. The van der Waals surface area contributed by atoms with Crippen molar-refractivity contribution in [3.05, 3.63) is 69.1 Å². The Morgan fingerprint density at radius 2 is 2.08 bits per heavy atom. The van der Waals surface area contributed by atoms with Gasteiger partial charge in [0.05, 0.1) is 16.0 Å². The van der Waals surface area contributed by atoms with Gasteiger partial charge in [-0.1, -0.05) is 12.1 Å². The number of hydrogen-bond donors (Lipinski definition) is 1. The van der Waals surface area contributed by atoms with Crippen molar-refractivity contribution in [1.82, 2.24) is 20.0 Å². The monoisotopic (exact) mass is 418 g/mol. The summed E-state index contributed by atoms with van der Waals surface area (Å²) in [5.41, 5.74) is 2.21. The van der Waals surface area contributed by atoms with Crippen LogP contribution in [0, 0.1) is 0 Å². The Bertz CT molecular complexity index is 814. The van der Waals surface area contributed by atoms with Crippen molar-refractivity contribution in [1.29, 1.82) is 0 Å². The summed E-state index contributed by atoms with van der Waals surface area (Å²) in [6.07, 6.45) is 4.47. The van der Waals surface area contributed by atoms with Crippen LogP contribution in [-0.2, 0) is 13.0 Å². The van der Waals surface area contributed by atoms with Gasteiger partial charge in [-0.2, -0.15) is 5.10 Å². The molecule has 0 fully saturated rings. The second kappa shape index (κ2) is 8.31. The third-order valence-electron chi connectivity index (χ3n) is 3.76. The Hall–Kier alpha value is -2.12. The van der Waals surface area contributed by atoms with Gasteiger partial charge in [-0.25, -0.2) is 9.48 Å². The highest BCUT2D eigenvalue weighted by Crippen LogP contribution is 2.22. The van der Waals surface area contributed by atoms with Gasteiger partial charge in [0.25, 0.3) is 0 Å². The normalized spacial score (nSPS) is 10.6. The predicted molar refractivity (Wildman–Crippen MR) is 104 cm³/mol. The van der Waals surface area contributed by atoms with Crippen LogP contribution >= 0.6 is 27.3 Å². The van der Waals surface area contributed by atoms with E-state index in [1.54, 1.807) is 22.4 Å². The van der Waals surface area contributed by atoms with Crippen molar-refractivity contribution in [2.75, 3.05) is 13.6 Å². The van der Waals surface area contributed by atoms with E-state index in [9.17, 15) is 4.79 Å². The van der Waals surface area contributed by atoms with Gasteiger partial charge in [0.1, 0.15) is 0 Å². The fourth-order valence-corrected chi connectivity index (χ4v) is 3.96. The lowest BCUT2D eigenvalue weighted by Gasteiger charge is -2.17. The summed E-state index contributed by atoms with van der Waals surface area (Å²) in [5, 5.41) is 7.17. The van der Waals surface area contributed by atoms with Crippen molar-refractivity contribution >= 4 is 33.3 Å². The largest absolute Gasteiger partial charge is 0.338 e. The van der Waals surface area contributed by atoms with Gasteiger partial charge in [-0.15, -0.1) is 11.3 Å². The molecule has 5 nitrogen and oxygen atoms in total. The third kappa shape index (κ3) is 4.93. The van der Waals surface area contributed by atoms with Crippen molar-refractivity contribution in [2.45, 2.75) is 13.0 Å². The average molecular weight is 419 g/mol. The molecule has 0 spiro atoms. The molecule has 3 rings (SSSR count). The highest BCUT2D eigenvalue weighted by atomic mass is 79.9. The molecule has 25 heavy (non-hydrogen) atoms. The van der Waals surface area contributed by atoms with Crippen LogP contribution in [-0.4, -0.2) is 34.3 Å². The van der Waals surface area contributed by atoms with E-state index in [4.69, 9.17) is 0 Å². The molecule has 0 saturated carbocycles. The Kier molecular flexibility index (Phi) is 5.88. The first-order valence-corrected chi connectivity index (χ1v) is 9.55. The average Bonchev–Trinajstić information content (AvgIpc) is 3.27. The second-order valence-corrected chi connectivity index (χ2v) is 8.21. The summed E-state index contributed by atoms with van der Waals surface area (Å²) < 4.78 is 2.90. The lowest BCUT2D eigenvalue weighted by Crippen LogP contribution is -2.37. The van der Waals surface area contributed by atoms with Gasteiger partial charge in [0, 0.05) is 30.9 Å². The van der Waals surface area contributed by atoms with E-state index in [0.717, 1.165) is 20.8 Å². The second-order valence-electron chi connectivity index (χ2n) is 5.66. The maximum atomic E-state index is 12.2. The minimum absolute atomic E-state index is 0.0577. The zero-order valence-electron chi connectivity index (χ0n) is 13.9. The van der Waals surface area contributed by atoms with Crippen LogP contribution in [0.5, 0.6) is 0 Å². The van der Waals surface area contributed by atoms with E-state index in [2.05, 4.69) is 38.5 Å². The Balaban J connectivity index is 1.45. The van der Waals surface area contributed by atoms with E-state index < -0.39 is 0 Å². The van der Waals surface area contributed by atoms with E-state index in [1.165, 1.54) is 5.56 Å². The first-order chi connectivity index (χ1) is 12.1. The number of aromatic nitrogens is 2. The number of halogens is 1. The van der Waals surface area contributed by atoms with Crippen LogP contribution in [0.25, 0.3) is 5.69 Å². The summed E-state index contributed by atoms with van der Waals surface area (Å²) in [6.45, 7) is 1.22. The van der Waals surface area contributed by atoms with Crippen LogP contribution in [0.2, 0.25) is 0 Å². The maximum Gasteiger partial charge on any atom is 0.317 e.